The van der Waals surface area contributed by atoms with Crippen molar-refractivity contribution in [3.8, 4) is 11.1 Å². The monoisotopic (exact) mass is 233 g/mol. The van der Waals surface area contributed by atoms with E-state index in [1.807, 2.05) is 30.1 Å². The predicted molar refractivity (Wildman–Crippen MR) is 62.1 cm³/mol. The Bertz CT molecular complexity index is 560. The molecule has 1 N–H and O–H groups in total. The molecule has 4 heteroatoms. The predicted octanol–water partition coefficient (Wildman–Crippen LogP) is 2.46. The first-order valence-electron chi connectivity index (χ1n) is 5.18. The molecule has 0 aliphatic heterocycles. The van der Waals surface area contributed by atoms with Crippen LogP contribution >= 0.6 is 0 Å². The van der Waals surface area contributed by atoms with Gasteiger partial charge in [-0.2, -0.15) is 0 Å². The second-order valence-corrected chi connectivity index (χ2v) is 3.98. The summed E-state index contributed by atoms with van der Waals surface area (Å²) < 4.78 is 15.2. The van der Waals surface area contributed by atoms with Crippen LogP contribution in [0.5, 0.6) is 0 Å². The number of carbonyl (C=O) groups is 1. The Kier molecular flexibility index (Phi) is 2.95. The molecule has 2 aromatic rings. The number of carboxylic acids is 1. The van der Waals surface area contributed by atoms with Gasteiger partial charge in [-0.15, -0.1) is 0 Å². The van der Waals surface area contributed by atoms with Crippen LogP contribution in [0.2, 0.25) is 0 Å². The molecule has 0 aliphatic rings. The molecule has 0 fully saturated rings. The summed E-state index contributed by atoms with van der Waals surface area (Å²) in [5, 5.41) is 8.70. The Hall–Kier alpha value is -2.10. The van der Waals surface area contributed by atoms with E-state index in [1.165, 1.54) is 12.1 Å². The van der Waals surface area contributed by atoms with Gasteiger partial charge in [-0.05, 0) is 34.9 Å². The maximum atomic E-state index is 13.4. The minimum Gasteiger partial charge on any atom is -0.481 e. The Labute approximate surface area is 98.1 Å². The summed E-state index contributed by atoms with van der Waals surface area (Å²) in [5.74, 6) is -1.38. The van der Waals surface area contributed by atoms with Crippen LogP contribution in [-0.2, 0) is 18.3 Å². The molecule has 0 atom stereocenters. The van der Waals surface area contributed by atoms with Crippen LogP contribution in [0.4, 0.5) is 4.39 Å². The van der Waals surface area contributed by atoms with Gasteiger partial charge in [-0.25, -0.2) is 4.39 Å². The van der Waals surface area contributed by atoms with Crippen LogP contribution in [0.1, 0.15) is 5.56 Å². The molecule has 0 unspecified atom stereocenters. The zero-order valence-corrected chi connectivity index (χ0v) is 9.35. The third-order valence-electron chi connectivity index (χ3n) is 2.48. The molecular weight excluding hydrogens is 221 g/mol. The van der Waals surface area contributed by atoms with Crippen LogP contribution in [-0.4, -0.2) is 15.6 Å². The van der Waals surface area contributed by atoms with Crippen molar-refractivity contribution >= 4 is 5.97 Å². The van der Waals surface area contributed by atoms with Gasteiger partial charge in [-0.3, -0.25) is 4.79 Å². The van der Waals surface area contributed by atoms with E-state index >= 15 is 0 Å². The van der Waals surface area contributed by atoms with E-state index in [-0.39, 0.29) is 6.42 Å². The van der Waals surface area contributed by atoms with Gasteiger partial charge >= 0.3 is 5.97 Å². The summed E-state index contributed by atoms with van der Waals surface area (Å²) in [6.07, 6.45) is 3.55. The molecule has 0 radical (unpaired) electrons. The molecular formula is C13H12FNO2. The van der Waals surface area contributed by atoms with E-state index in [4.69, 9.17) is 5.11 Å². The van der Waals surface area contributed by atoms with Gasteiger partial charge in [0.05, 0.1) is 6.42 Å². The van der Waals surface area contributed by atoms with Gasteiger partial charge in [0, 0.05) is 19.4 Å². The minimum absolute atomic E-state index is 0.169. The van der Waals surface area contributed by atoms with Crippen molar-refractivity contribution in [3.63, 3.8) is 0 Å². The fraction of sp³-hybridized carbons (Fsp3) is 0.154. The molecule has 1 aromatic carbocycles. The number of benzene rings is 1. The summed E-state index contributed by atoms with van der Waals surface area (Å²) in [7, 11) is 1.88. The quantitative estimate of drug-likeness (QED) is 0.884. The van der Waals surface area contributed by atoms with Crippen molar-refractivity contribution in [1.29, 1.82) is 0 Å². The highest BCUT2D eigenvalue weighted by Gasteiger charge is 2.07. The van der Waals surface area contributed by atoms with Gasteiger partial charge in [0.25, 0.3) is 0 Å². The highest BCUT2D eigenvalue weighted by Crippen LogP contribution is 2.22. The maximum absolute atomic E-state index is 13.4. The van der Waals surface area contributed by atoms with Crippen LogP contribution in [0.15, 0.2) is 36.7 Å². The van der Waals surface area contributed by atoms with Gasteiger partial charge < -0.3 is 9.67 Å². The van der Waals surface area contributed by atoms with Crippen molar-refractivity contribution < 1.29 is 14.3 Å². The zero-order valence-electron chi connectivity index (χ0n) is 9.35. The highest BCUT2D eigenvalue weighted by atomic mass is 19.1. The molecule has 0 bridgehead atoms. The third kappa shape index (κ3) is 2.72. The second-order valence-electron chi connectivity index (χ2n) is 3.98. The summed E-state index contributed by atoms with van der Waals surface area (Å²) in [5.41, 5.74) is 2.04. The standard InChI is InChI=1S/C13H12FNO2/c1-15-3-2-10(8-15)11-4-9(6-13(16)17)5-12(14)7-11/h2-5,7-8H,6H2,1H3,(H,16,17). The second kappa shape index (κ2) is 4.41. The topological polar surface area (TPSA) is 42.2 Å². The van der Waals surface area contributed by atoms with Crippen molar-refractivity contribution in [2.75, 3.05) is 0 Å². The molecule has 0 saturated heterocycles. The summed E-state index contributed by atoms with van der Waals surface area (Å²) in [6, 6.07) is 6.22. The fourth-order valence-electron chi connectivity index (χ4n) is 1.77. The number of rotatable bonds is 3. The molecule has 17 heavy (non-hydrogen) atoms. The Morgan fingerprint density at radius 1 is 1.35 bits per heavy atom. The minimum atomic E-state index is -0.963. The lowest BCUT2D eigenvalue weighted by molar-refractivity contribution is -0.136. The van der Waals surface area contributed by atoms with E-state index < -0.39 is 11.8 Å². The van der Waals surface area contributed by atoms with Crippen LogP contribution < -0.4 is 0 Å². The average Bonchev–Trinajstić information content (AvgIpc) is 2.62. The van der Waals surface area contributed by atoms with Gasteiger partial charge in [0.2, 0.25) is 0 Å². The molecule has 0 amide bonds. The van der Waals surface area contributed by atoms with Gasteiger partial charge in [0.15, 0.2) is 0 Å². The molecule has 0 spiro atoms. The van der Waals surface area contributed by atoms with Crippen molar-refractivity contribution in [3.05, 3.63) is 48.0 Å². The largest absolute Gasteiger partial charge is 0.481 e. The lowest BCUT2D eigenvalue weighted by Crippen LogP contribution is -2.00. The van der Waals surface area contributed by atoms with Crippen molar-refractivity contribution in [1.82, 2.24) is 4.57 Å². The average molecular weight is 233 g/mol. The molecule has 1 heterocycles. The van der Waals surface area contributed by atoms with Crippen molar-refractivity contribution in [2.24, 2.45) is 7.05 Å². The van der Waals surface area contributed by atoms with Gasteiger partial charge in [-0.1, -0.05) is 6.07 Å². The number of aromatic nitrogens is 1. The number of halogens is 1. The molecule has 0 aliphatic carbocycles. The molecule has 1 aromatic heterocycles. The molecule has 2 rings (SSSR count). The van der Waals surface area contributed by atoms with Crippen LogP contribution in [0, 0.1) is 5.82 Å². The van der Waals surface area contributed by atoms with Crippen LogP contribution in [0.25, 0.3) is 11.1 Å². The molecule has 88 valence electrons. The first kappa shape index (κ1) is 11.4. The number of aliphatic carboxylic acids is 1. The number of aryl methyl sites for hydroxylation is 1. The number of hydrogen-bond acceptors (Lipinski definition) is 1. The maximum Gasteiger partial charge on any atom is 0.307 e. The van der Waals surface area contributed by atoms with E-state index in [9.17, 15) is 9.18 Å². The van der Waals surface area contributed by atoms with Crippen molar-refractivity contribution in [2.45, 2.75) is 6.42 Å². The normalized spacial score (nSPS) is 10.5. The highest BCUT2D eigenvalue weighted by molar-refractivity contribution is 5.72. The number of hydrogen-bond donors (Lipinski definition) is 1. The van der Waals surface area contributed by atoms with Crippen LogP contribution in [0.3, 0.4) is 0 Å². The number of nitrogens with zero attached hydrogens (tertiary/aromatic N) is 1. The summed E-state index contributed by atoms with van der Waals surface area (Å²) >= 11 is 0. The smallest absolute Gasteiger partial charge is 0.307 e. The summed E-state index contributed by atoms with van der Waals surface area (Å²) in [4.78, 5) is 10.6. The zero-order chi connectivity index (χ0) is 12.4. The van der Waals surface area contributed by atoms with E-state index in [0.29, 0.717) is 11.1 Å². The SMILES string of the molecule is Cn1ccc(-c2cc(F)cc(CC(=O)O)c2)c1. The first-order valence-corrected chi connectivity index (χ1v) is 5.18. The number of carboxylic acid groups (broad SMARTS) is 1. The first-order chi connectivity index (χ1) is 8.04. The summed E-state index contributed by atoms with van der Waals surface area (Å²) in [6.45, 7) is 0. The third-order valence-corrected chi connectivity index (χ3v) is 2.48. The van der Waals surface area contributed by atoms with E-state index in [1.54, 1.807) is 6.07 Å². The Balaban J connectivity index is 2.41. The van der Waals surface area contributed by atoms with Gasteiger partial charge in [0.1, 0.15) is 5.82 Å². The van der Waals surface area contributed by atoms with E-state index in [2.05, 4.69) is 0 Å². The molecule has 0 saturated carbocycles. The Morgan fingerprint density at radius 2 is 2.12 bits per heavy atom. The lowest BCUT2D eigenvalue weighted by atomic mass is 10.0. The Morgan fingerprint density at radius 3 is 2.71 bits per heavy atom. The van der Waals surface area contributed by atoms with E-state index in [0.717, 1.165) is 5.56 Å². The fourth-order valence-corrected chi connectivity index (χ4v) is 1.77. The molecule has 3 nitrogen and oxygen atoms in total. The lowest BCUT2D eigenvalue weighted by Gasteiger charge is -2.03.